The van der Waals surface area contributed by atoms with Gasteiger partial charge in [0.15, 0.2) is 0 Å². The second-order valence-corrected chi connectivity index (χ2v) is 7.98. The van der Waals surface area contributed by atoms with Crippen molar-refractivity contribution in [1.82, 2.24) is 9.88 Å². The van der Waals surface area contributed by atoms with Gasteiger partial charge in [0.1, 0.15) is 11.6 Å². The van der Waals surface area contributed by atoms with Gasteiger partial charge >= 0.3 is 0 Å². The number of amides is 2. The zero-order valence-corrected chi connectivity index (χ0v) is 18.9. The average molecular weight is 435 g/mol. The molecule has 0 spiro atoms. The van der Waals surface area contributed by atoms with Gasteiger partial charge in [0.2, 0.25) is 5.91 Å². The smallest absolute Gasteiger partial charge is 0.262 e. The van der Waals surface area contributed by atoms with Crippen molar-refractivity contribution in [3.05, 3.63) is 58.4 Å². The quantitative estimate of drug-likeness (QED) is 0.491. The van der Waals surface area contributed by atoms with Crippen LogP contribution in [0.2, 0.25) is 0 Å². The second-order valence-electron chi connectivity index (χ2n) is 7.98. The standard InChI is InChI=1S/C25H30N4O3/c1-4-19-8-5-6-10-23(19)28-24(30)15-27-25(31)21(14-26)13-20-12-17(2)29(18(20)3)16-22-9-7-11-32-22/h5-6,8,10,12-13,22H,4,7,9,11,15-16H2,1-3H3,(H,27,31)(H,28,30)/b21-13+. The van der Waals surface area contributed by atoms with Crippen LogP contribution in [0.4, 0.5) is 5.69 Å². The molecule has 1 saturated heterocycles. The molecular weight excluding hydrogens is 404 g/mol. The van der Waals surface area contributed by atoms with Crippen LogP contribution in [0, 0.1) is 25.2 Å². The average Bonchev–Trinajstić information content (AvgIpc) is 3.40. The van der Waals surface area contributed by atoms with E-state index in [2.05, 4.69) is 15.2 Å². The summed E-state index contributed by atoms with van der Waals surface area (Å²) in [6.45, 7) is 7.33. The first kappa shape index (κ1) is 23.3. The molecule has 3 rings (SSSR count). The summed E-state index contributed by atoms with van der Waals surface area (Å²) in [7, 11) is 0. The van der Waals surface area contributed by atoms with Crippen molar-refractivity contribution in [2.75, 3.05) is 18.5 Å². The molecule has 7 nitrogen and oxygen atoms in total. The summed E-state index contributed by atoms with van der Waals surface area (Å²) < 4.78 is 7.90. The predicted octanol–water partition coefficient (Wildman–Crippen LogP) is 3.51. The zero-order chi connectivity index (χ0) is 23.1. The van der Waals surface area contributed by atoms with Crippen molar-refractivity contribution in [2.24, 2.45) is 0 Å². The lowest BCUT2D eigenvalue weighted by Gasteiger charge is -2.14. The second kappa shape index (κ2) is 10.8. The molecule has 1 aliphatic heterocycles. The first-order valence-corrected chi connectivity index (χ1v) is 11.0. The maximum absolute atomic E-state index is 12.5. The first-order valence-electron chi connectivity index (χ1n) is 11.0. The summed E-state index contributed by atoms with van der Waals surface area (Å²) >= 11 is 0. The molecule has 2 heterocycles. The van der Waals surface area contributed by atoms with Crippen molar-refractivity contribution in [3.8, 4) is 6.07 Å². The van der Waals surface area contributed by atoms with Crippen molar-refractivity contribution in [1.29, 1.82) is 5.26 Å². The minimum absolute atomic E-state index is 0.0378. The molecule has 2 N–H and O–H groups in total. The molecule has 0 saturated carbocycles. The number of nitrogens with zero attached hydrogens (tertiary/aromatic N) is 2. The number of anilines is 1. The van der Waals surface area contributed by atoms with Gasteiger partial charge in [-0.2, -0.15) is 5.26 Å². The Morgan fingerprint density at radius 3 is 2.78 bits per heavy atom. The Morgan fingerprint density at radius 1 is 1.31 bits per heavy atom. The van der Waals surface area contributed by atoms with E-state index in [-0.39, 0.29) is 24.1 Å². The third kappa shape index (κ3) is 5.65. The molecule has 1 fully saturated rings. The maximum Gasteiger partial charge on any atom is 0.262 e. The highest BCUT2D eigenvalue weighted by Gasteiger charge is 2.19. The number of benzene rings is 1. The Morgan fingerprint density at radius 2 is 2.09 bits per heavy atom. The van der Waals surface area contributed by atoms with Crippen LogP contribution in [-0.2, 0) is 27.3 Å². The first-order chi connectivity index (χ1) is 15.4. The van der Waals surface area contributed by atoms with Crippen LogP contribution in [-0.4, -0.2) is 35.6 Å². The summed E-state index contributed by atoms with van der Waals surface area (Å²) in [5, 5.41) is 14.9. The summed E-state index contributed by atoms with van der Waals surface area (Å²) in [6.07, 6.45) is 4.68. The van der Waals surface area contributed by atoms with E-state index in [1.54, 1.807) is 6.08 Å². The van der Waals surface area contributed by atoms with E-state index in [0.717, 1.165) is 60.6 Å². The van der Waals surface area contributed by atoms with Gasteiger partial charge in [-0.25, -0.2) is 0 Å². The fourth-order valence-electron chi connectivity index (χ4n) is 3.95. The van der Waals surface area contributed by atoms with Crippen LogP contribution in [0.25, 0.3) is 6.08 Å². The lowest BCUT2D eigenvalue weighted by atomic mass is 10.1. The summed E-state index contributed by atoms with van der Waals surface area (Å²) in [5.74, 6) is -0.915. The Labute approximate surface area is 189 Å². The summed E-state index contributed by atoms with van der Waals surface area (Å²) in [6, 6.07) is 11.4. The molecule has 1 atom stereocenters. The highest BCUT2D eigenvalue weighted by molar-refractivity contribution is 6.04. The summed E-state index contributed by atoms with van der Waals surface area (Å²) in [4.78, 5) is 24.8. The molecule has 1 aliphatic rings. The largest absolute Gasteiger partial charge is 0.376 e. The number of hydrogen-bond acceptors (Lipinski definition) is 4. The highest BCUT2D eigenvalue weighted by atomic mass is 16.5. The fraction of sp³-hybridized carbons (Fsp3) is 0.400. The Hall–Kier alpha value is -3.37. The van der Waals surface area contributed by atoms with Crippen molar-refractivity contribution in [2.45, 2.75) is 52.7 Å². The van der Waals surface area contributed by atoms with Gasteiger partial charge in [-0.1, -0.05) is 25.1 Å². The number of hydrogen-bond donors (Lipinski definition) is 2. The van der Waals surface area contributed by atoms with Crippen molar-refractivity contribution < 1.29 is 14.3 Å². The normalized spacial score (nSPS) is 15.9. The van der Waals surface area contributed by atoms with Crippen molar-refractivity contribution >= 4 is 23.6 Å². The van der Waals surface area contributed by atoms with E-state index in [9.17, 15) is 14.9 Å². The lowest BCUT2D eigenvalue weighted by molar-refractivity contribution is -0.121. The topological polar surface area (TPSA) is 96.2 Å². The van der Waals surface area contributed by atoms with E-state index >= 15 is 0 Å². The number of rotatable bonds is 8. The number of carbonyl (C=O) groups excluding carboxylic acids is 2. The van der Waals surface area contributed by atoms with Gasteiger partial charge in [-0.05, 0) is 62.4 Å². The lowest BCUT2D eigenvalue weighted by Crippen LogP contribution is -2.33. The van der Waals surface area contributed by atoms with E-state index in [4.69, 9.17) is 4.74 Å². The minimum Gasteiger partial charge on any atom is -0.376 e. The molecule has 1 aromatic heterocycles. The number of ether oxygens (including phenoxy) is 1. The van der Waals surface area contributed by atoms with Gasteiger partial charge in [-0.15, -0.1) is 0 Å². The predicted molar refractivity (Wildman–Crippen MR) is 124 cm³/mol. The molecule has 2 aromatic rings. The van der Waals surface area contributed by atoms with Crippen LogP contribution in [0.5, 0.6) is 0 Å². The van der Waals surface area contributed by atoms with Crippen LogP contribution in [0.3, 0.4) is 0 Å². The summed E-state index contributed by atoms with van der Waals surface area (Å²) in [5.41, 5.74) is 4.55. The molecule has 1 aromatic carbocycles. The van der Waals surface area contributed by atoms with E-state index in [1.165, 1.54) is 0 Å². The minimum atomic E-state index is -0.574. The van der Waals surface area contributed by atoms with Crippen molar-refractivity contribution in [3.63, 3.8) is 0 Å². The Kier molecular flexibility index (Phi) is 7.85. The molecule has 32 heavy (non-hydrogen) atoms. The Bertz CT molecular complexity index is 1060. The fourth-order valence-corrected chi connectivity index (χ4v) is 3.95. The van der Waals surface area contributed by atoms with E-state index in [0.29, 0.717) is 0 Å². The molecular formula is C25H30N4O3. The van der Waals surface area contributed by atoms with Gasteiger partial charge < -0.3 is 19.9 Å². The van der Waals surface area contributed by atoms with E-state index < -0.39 is 5.91 Å². The zero-order valence-electron chi connectivity index (χ0n) is 18.9. The molecule has 7 heteroatoms. The van der Waals surface area contributed by atoms with Crippen LogP contribution >= 0.6 is 0 Å². The number of aryl methyl sites for hydroxylation is 2. The maximum atomic E-state index is 12.5. The van der Waals surface area contributed by atoms with Gasteiger partial charge in [-0.3, -0.25) is 9.59 Å². The molecule has 2 amide bonds. The van der Waals surface area contributed by atoms with Crippen LogP contribution in [0.15, 0.2) is 35.9 Å². The number of carbonyl (C=O) groups is 2. The van der Waals surface area contributed by atoms with Gasteiger partial charge in [0, 0.05) is 30.2 Å². The van der Waals surface area contributed by atoms with Crippen LogP contribution in [0.1, 0.15) is 42.3 Å². The van der Waals surface area contributed by atoms with Crippen LogP contribution < -0.4 is 10.6 Å². The van der Waals surface area contributed by atoms with E-state index in [1.807, 2.05) is 57.2 Å². The Balaban J connectivity index is 1.64. The number of nitrogens with one attached hydrogen (secondary N) is 2. The molecule has 0 aliphatic carbocycles. The van der Waals surface area contributed by atoms with Gasteiger partial charge in [0.05, 0.1) is 12.6 Å². The third-order valence-electron chi connectivity index (χ3n) is 5.77. The SMILES string of the molecule is CCc1ccccc1NC(=O)CNC(=O)/C(C#N)=C/c1cc(C)n(CC2CCCO2)c1C. The number of nitriles is 1. The third-order valence-corrected chi connectivity index (χ3v) is 5.77. The number of aromatic nitrogens is 1. The highest BCUT2D eigenvalue weighted by Crippen LogP contribution is 2.22. The monoisotopic (exact) mass is 434 g/mol. The number of para-hydroxylation sites is 1. The molecule has 1 unspecified atom stereocenters. The molecule has 0 radical (unpaired) electrons. The van der Waals surface area contributed by atoms with Gasteiger partial charge in [0.25, 0.3) is 5.91 Å². The molecule has 168 valence electrons. The molecule has 0 bridgehead atoms.